The van der Waals surface area contributed by atoms with Crippen LogP contribution in [0.4, 0.5) is 5.69 Å². The molecule has 0 bridgehead atoms. The summed E-state index contributed by atoms with van der Waals surface area (Å²) < 4.78 is 0. The van der Waals surface area contributed by atoms with E-state index in [4.69, 9.17) is 5.11 Å². The molecule has 1 unspecified atom stereocenters. The monoisotopic (exact) mass is 248 g/mol. The molecule has 0 aliphatic carbocycles. The lowest BCUT2D eigenvalue weighted by molar-refractivity contribution is -0.141. The predicted octanol–water partition coefficient (Wildman–Crippen LogP) is 0.632. The molecule has 18 heavy (non-hydrogen) atoms. The Morgan fingerprint density at radius 2 is 2.28 bits per heavy atom. The number of carbonyl (C=O) groups is 2. The van der Waals surface area contributed by atoms with Crippen molar-refractivity contribution in [3.8, 4) is 0 Å². The predicted molar refractivity (Wildman–Crippen MR) is 67.5 cm³/mol. The molecule has 1 fully saturated rings. The quantitative estimate of drug-likeness (QED) is 0.805. The lowest BCUT2D eigenvalue weighted by Crippen LogP contribution is -2.37. The summed E-state index contributed by atoms with van der Waals surface area (Å²) in [5, 5.41) is 12.0. The van der Waals surface area contributed by atoms with Gasteiger partial charge in [0.05, 0.1) is 12.5 Å². The number of aryl methyl sites for hydroxylation is 1. The number of hydrogen-bond donors (Lipinski definition) is 2. The molecule has 1 aromatic carbocycles. The van der Waals surface area contributed by atoms with Gasteiger partial charge in [-0.15, -0.1) is 0 Å². The van der Waals surface area contributed by atoms with Gasteiger partial charge in [-0.1, -0.05) is 12.1 Å². The molecule has 1 atom stereocenters. The highest BCUT2D eigenvalue weighted by Crippen LogP contribution is 2.19. The fraction of sp³-hybridized carbons (Fsp3) is 0.385. The number of carbonyl (C=O) groups excluding carboxylic acids is 1. The van der Waals surface area contributed by atoms with Crippen molar-refractivity contribution in [1.82, 2.24) is 5.32 Å². The van der Waals surface area contributed by atoms with Crippen LogP contribution in [0.2, 0.25) is 0 Å². The highest BCUT2D eigenvalue weighted by Gasteiger charge is 2.28. The number of nitrogens with zero attached hydrogens (tertiary/aromatic N) is 1. The van der Waals surface area contributed by atoms with Crippen molar-refractivity contribution in [2.45, 2.75) is 6.92 Å². The number of amides is 1. The molecular formula is C13H16N2O3. The van der Waals surface area contributed by atoms with E-state index in [2.05, 4.69) is 5.32 Å². The van der Waals surface area contributed by atoms with E-state index < -0.39 is 11.9 Å². The first-order valence-corrected chi connectivity index (χ1v) is 5.88. The third kappa shape index (κ3) is 2.68. The molecule has 0 aromatic heterocycles. The molecule has 2 rings (SSSR count). The Morgan fingerprint density at radius 1 is 1.50 bits per heavy atom. The van der Waals surface area contributed by atoms with E-state index in [1.54, 1.807) is 4.90 Å². The molecule has 0 spiro atoms. The number of hydrogen-bond acceptors (Lipinski definition) is 3. The van der Waals surface area contributed by atoms with Crippen molar-refractivity contribution in [2.24, 2.45) is 5.92 Å². The number of carboxylic acid groups (broad SMARTS) is 1. The van der Waals surface area contributed by atoms with E-state index in [0.717, 1.165) is 11.3 Å². The zero-order valence-corrected chi connectivity index (χ0v) is 10.2. The minimum atomic E-state index is -0.880. The van der Waals surface area contributed by atoms with Crippen LogP contribution in [0.15, 0.2) is 24.3 Å². The third-order valence-electron chi connectivity index (χ3n) is 3.03. The number of carboxylic acids is 1. The van der Waals surface area contributed by atoms with Crippen LogP contribution in [-0.4, -0.2) is 36.6 Å². The van der Waals surface area contributed by atoms with Crippen molar-refractivity contribution < 1.29 is 14.7 Å². The van der Waals surface area contributed by atoms with Crippen molar-refractivity contribution in [2.75, 3.05) is 24.5 Å². The van der Waals surface area contributed by atoms with Crippen molar-refractivity contribution in [1.29, 1.82) is 0 Å². The molecule has 1 saturated heterocycles. The van der Waals surface area contributed by atoms with Crippen LogP contribution in [0.5, 0.6) is 0 Å². The van der Waals surface area contributed by atoms with E-state index in [-0.39, 0.29) is 19.0 Å². The maximum absolute atomic E-state index is 12.0. The second-order valence-corrected chi connectivity index (χ2v) is 4.51. The second-order valence-electron chi connectivity index (χ2n) is 4.51. The van der Waals surface area contributed by atoms with Gasteiger partial charge < -0.3 is 15.3 Å². The van der Waals surface area contributed by atoms with Gasteiger partial charge in [-0.3, -0.25) is 9.59 Å². The van der Waals surface area contributed by atoms with Crippen LogP contribution in [0, 0.1) is 12.8 Å². The Kier molecular flexibility index (Phi) is 3.62. The van der Waals surface area contributed by atoms with E-state index in [9.17, 15) is 9.59 Å². The third-order valence-corrected chi connectivity index (χ3v) is 3.03. The van der Waals surface area contributed by atoms with Crippen LogP contribution in [0.25, 0.3) is 0 Å². The van der Waals surface area contributed by atoms with Gasteiger partial charge in [0, 0.05) is 18.8 Å². The van der Waals surface area contributed by atoms with Gasteiger partial charge in [0.2, 0.25) is 5.91 Å². The smallest absolute Gasteiger partial charge is 0.309 e. The normalized spacial score (nSPS) is 20.6. The van der Waals surface area contributed by atoms with Gasteiger partial charge in [0.15, 0.2) is 0 Å². The molecule has 0 radical (unpaired) electrons. The van der Waals surface area contributed by atoms with Crippen LogP contribution < -0.4 is 10.2 Å². The van der Waals surface area contributed by atoms with E-state index in [1.165, 1.54) is 0 Å². The number of anilines is 1. The summed E-state index contributed by atoms with van der Waals surface area (Å²) in [6.45, 7) is 2.66. The van der Waals surface area contributed by atoms with Crippen LogP contribution >= 0.6 is 0 Å². The minimum Gasteiger partial charge on any atom is -0.481 e. The van der Waals surface area contributed by atoms with Gasteiger partial charge in [0.25, 0.3) is 0 Å². The molecule has 1 heterocycles. The molecule has 5 nitrogen and oxygen atoms in total. The molecule has 96 valence electrons. The Balaban J connectivity index is 2.27. The summed E-state index contributed by atoms with van der Waals surface area (Å²) >= 11 is 0. The maximum Gasteiger partial charge on any atom is 0.309 e. The molecule has 2 N–H and O–H groups in total. The maximum atomic E-state index is 12.0. The zero-order valence-electron chi connectivity index (χ0n) is 10.2. The molecule has 0 saturated carbocycles. The molecule has 1 aliphatic heterocycles. The number of aliphatic carboxylic acids is 1. The van der Waals surface area contributed by atoms with Crippen LogP contribution in [-0.2, 0) is 9.59 Å². The van der Waals surface area contributed by atoms with Gasteiger partial charge in [-0.05, 0) is 24.6 Å². The lowest BCUT2D eigenvalue weighted by atomic mass is 10.1. The standard InChI is InChI=1S/C13H16N2O3/c1-9-3-2-4-11(5-9)15-8-10(13(17)18)6-14-7-12(15)16/h2-5,10,14H,6-8H2,1H3,(H,17,18). The zero-order chi connectivity index (χ0) is 13.1. The Labute approximate surface area is 105 Å². The van der Waals surface area contributed by atoms with E-state index in [1.807, 2.05) is 31.2 Å². The summed E-state index contributed by atoms with van der Waals surface area (Å²) in [6, 6.07) is 7.53. The molecule has 1 amide bonds. The van der Waals surface area contributed by atoms with Crippen LogP contribution in [0.1, 0.15) is 5.56 Å². The first-order chi connectivity index (χ1) is 8.58. The minimum absolute atomic E-state index is 0.0932. The molecule has 1 aliphatic rings. The van der Waals surface area contributed by atoms with Crippen LogP contribution in [0.3, 0.4) is 0 Å². The van der Waals surface area contributed by atoms with E-state index in [0.29, 0.717) is 6.54 Å². The average molecular weight is 248 g/mol. The highest BCUT2D eigenvalue weighted by atomic mass is 16.4. The first kappa shape index (κ1) is 12.6. The van der Waals surface area contributed by atoms with Gasteiger partial charge in [0.1, 0.15) is 0 Å². The van der Waals surface area contributed by atoms with Gasteiger partial charge >= 0.3 is 5.97 Å². The molecule has 5 heteroatoms. The molecular weight excluding hydrogens is 232 g/mol. The lowest BCUT2D eigenvalue weighted by Gasteiger charge is -2.22. The summed E-state index contributed by atoms with van der Waals surface area (Å²) in [5.41, 5.74) is 1.80. The summed E-state index contributed by atoms with van der Waals surface area (Å²) in [7, 11) is 0. The fourth-order valence-corrected chi connectivity index (χ4v) is 2.05. The van der Waals surface area contributed by atoms with Gasteiger partial charge in [-0.2, -0.15) is 0 Å². The Hall–Kier alpha value is -1.88. The SMILES string of the molecule is Cc1cccc(N2CC(C(=O)O)CNCC2=O)c1. The summed E-state index contributed by atoms with van der Waals surface area (Å²) in [4.78, 5) is 24.6. The fourth-order valence-electron chi connectivity index (χ4n) is 2.05. The highest BCUT2D eigenvalue weighted by molar-refractivity contribution is 5.96. The Bertz CT molecular complexity index is 473. The second kappa shape index (κ2) is 5.18. The Morgan fingerprint density at radius 3 is 2.94 bits per heavy atom. The largest absolute Gasteiger partial charge is 0.481 e. The average Bonchev–Trinajstić information content (AvgIpc) is 2.51. The van der Waals surface area contributed by atoms with Crippen molar-refractivity contribution >= 4 is 17.6 Å². The van der Waals surface area contributed by atoms with Crippen molar-refractivity contribution in [3.05, 3.63) is 29.8 Å². The molecule has 1 aromatic rings. The number of nitrogens with one attached hydrogen (secondary N) is 1. The number of benzene rings is 1. The summed E-state index contributed by atoms with van der Waals surface area (Å²) in [5.74, 6) is -1.55. The topological polar surface area (TPSA) is 69.6 Å². The van der Waals surface area contributed by atoms with Gasteiger partial charge in [-0.25, -0.2) is 0 Å². The van der Waals surface area contributed by atoms with E-state index >= 15 is 0 Å². The summed E-state index contributed by atoms with van der Waals surface area (Å²) in [6.07, 6.45) is 0. The number of rotatable bonds is 2. The van der Waals surface area contributed by atoms with Crippen molar-refractivity contribution in [3.63, 3.8) is 0 Å². The first-order valence-electron chi connectivity index (χ1n) is 5.88.